The third-order valence-corrected chi connectivity index (χ3v) is 2.83. The van der Waals surface area contributed by atoms with Crippen LogP contribution in [0.15, 0.2) is 42.5 Å². The van der Waals surface area contributed by atoms with Crippen LogP contribution in [-0.4, -0.2) is 24.3 Å². The summed E-state index contributed by atoms with van der Waals surface area (Å²) in [5.41, 5.74) is 1.07. The van der Waals surface area contributed by atoms with Gasteiger partial charge in [-0.3, -0.25) is 5.32 Å². The molecule has 1 amide bonds. The van der Waals surface area contributed by atoms with Gasteiger partial charge in [0.1, 0.15) is 5.82 Å². The zero-order chi connectivity index (χ0) is 15.4. The topological polar surface area (TPSA) is 75.6 Å². The number of hydrogen-bond donors (Lipinski definition) is 2. The molecule has 2 aromatic rings. The van der Waals surface area contributed by atoms with Gasteiger partial charge in [0.25, 0.3) is 0 Å². The Hall–Kier alpha value is -2.89. The fourth-order valence-electron chi connectivity index (χ4n) is 1.84. The van der Waals surface area contributed by atoms with E-state index in [4.69, 9.17) is 0 Å². The second-order valence-electron chi connectivity index (χ2n) is 4.19. The summed E-state index contributed by atoms with van der Waals surface area (Å²) < 4.78 is 17.6. The molecule has 0 aliphatic carbocycles. The predicted octanol–water partition coefficient (Wildman–Crippen LogP) is 3.37. The summed E-state index contributed by atoms with van der Waals surface area (Å²) in [4.78, 5) is 22.5. The largest absolute Gasteiger partial charge is 0.478 e. The Balaban J connectivity index is 2.45. The van der Waals surface area contributed by atoms with Gasteiger partial charge in [0.2, 0.25) is 0 Å². The van der Waals surface area contributed by atoms with Crippen molar-refractivity contribution in [3.63, 3.8) is 0 Å². The summed E-state index contributed by atoms with van der Waals surface area (Å²) in [6.45, 7) is 0. The number of benzene rings is 2. The zero-order valence-corrected chi connectivity index (χ0v) is 11.1. The van der Waals surface area contributed by atoms with Crippen molar-refractivity contribution < 1.29 is 23.8 Å². The van der Waals surface area contributed by atoms with Crippen molar-refractivity contribution in [2.45, 2.75) is 0 Å². The van der Waals surface area contributed by atoms with E-state index in [0.717, 1.165) is 0 Å². The first-order chi connectivity index (χ1) is 10.0. The number of methoxy groups -OCH3 is 1. The Morgan fingerprint density at radius 1 is 1.14 bits per heavy atom. The molecule has 0 fully saturated rings. The van der Waals surface area contributed by atoms with Gasteiger partial charge in [-0.2, -0.15) is 0 Å². The van der Waals surface area contributed by atoms with E-state index in [1.165, 1.54) is 37.4 Å². The molecule has 0 bridgehead atoms. The van der Waals surface area contributed by atoms with Gasteiger partial charge in [0.15, 0.2) is 0 Å². The normalized spacial score (nSPS) is 10.0. The van der Waals surface area contributed by atoms with Gasteiger partial charge < -0.3 is 9.84 Å². The summed E-state index contributed by atoms with van der Waals surface area (Å²) in [6, 6.07) is 10.2. The van der Waals surface area contributed by atoms with E-state index in [1.807, 2.05) is 0 Å². The summed E-state index contributed by atoms with van der Waals surface area (Å²) in [7, 11) is 1.18. The number of carboxylic acid groups (broad SMARTS) is 1. The highest BCUT2D eigenvalue weighted by Gasteiger charge is 2.14. The second-order valence-corrected chi connectivity index (χ2v) is 4.19. The first-order valence-corrected chi connectivity index (χ1v) is 5.99. The van der Waals surface area contributed by atoms with Gasteiger partial charge in [-0.1, -0.05) is 18.2 Å². The summed E-state index contributed by atoms with van der Waals surface area (Å²) in [5.74, 6) is -1.62. The lowest BCUT2D eigenvalue weighted by Crippen LogP contribution is -2.14. The molecule has 0 saturated heterocycles. The fraction of sp³-hybridized carbons (Fsp3) is 0.0667. The van der Waals surface area contributed by atoms with Crippen molar-refractivity contribution in [2.24, 2.45) is 0 Å². The van der Waals surface area contributed by atoms with Crippen LogP contribution in [0.25, 0.3) is 11.1 Å². The molecule has 2 N–H and O–H groups in total. The maximum Gasteiger partial charge on any atom is 0.411 e. The van der Waals surface area contributed by atoms with Gasteiger partial charge in [0, 0.05) is 0 Å². The molecule has 0 heterocycles. The Morgan fingerprint density at radius 3 is 2.48 bits per heavy atom. The molecule has 5 nitrogen and oxygen atoms in total. The van der Waals surface area contributed by atoms with Crippen LogP contribution in [0.2, 0.25) is 0 Å². The molecule has 2 aromatic carbocycles. The third-order valence-electron chi connectivity index (χ3n) is 2.83. The van der Waals surface area contributed by atoms with Crippen molar-refractivity contribution in [3.05, 3.63) is 53.8 Å². The van der Waals surface area contributed by atoms with Gasteiger partial charge in [0.05, 0.1) is 18.4 Å². The molecule has 0 saturated carbocycles. The number of hydrogen-bond acceptors (Lipinski definition) is 3. The van der Waals surface area contributed by atoms with E-state index in [0.29, 0.717) is 11.1 Å². The van der Waals surface area contributed by atoms with E-state index in [2.05, 4.69) is 10.1 Å². The van der Waals surface area contributed by atoms with Gasteiger partial charge in [-0.05, 0) is 35.4 Å². The Bertz CT molecular complexity index is 700. The number of carbonyl (C=O) groups is 2. The molecule has 0 aliphatic heterocycles. The predicted molar refractivity (Wildman–Crippen MR) is 74.8 cm³/mol. The molecule has 2 rings (SSSR count). The van der Waals surface area contributed by atoms with Crippen molar-refractivity contribution in [2.75, 3.05) is 12.4 Å². The molecular formula is C15H12FNO4. The second kappa shape index (κ2) is 6.04. The number of carboxylic acids is 1. The van der Waals surface area contributed by atoms with Crippen LogP contribution < -0.4 is 5.32 Å². The number of aromatic carboxylic acids is 1. The number of amides is 1. The average Bonchev–Trinajstić information content (AvgIpc) is 2.47. The fourth-order valence-corrected chi connectivity index (χ4v) is 1.84. The molecule has 108 valence electrons. The molecule has 0 unspecified atom stereocenters. The van der Waals surface area contributed by atoms with E-state index in [-0.39, 0.29) is 11.3 Å². The maximum atomic E-state index is 13.2. The van der Waals surface area contributed by atoms with Crippen LogP contribution in [0.1, 0.15) is 10.4 Å². The summed E-state index contributed by atoms with van der Waals surface area (Å²) >= 11 is 0. The van der Waals surface area contributed by atoms with Crippen LogP contribution in [-0.2, 0) is 4.74 Å². The first kappa shape index (κ1) is 14.5. The number of ether oxygens (including phenoxy) is 1. The highest BCUT2D eigenvalue weighted by atomic mass is 19.1. The minimum Gasteiger partial charge on any atom is -0.478 e. The lowest BCUT2D eigenvalue weighted by atomic mass is 10.0. The maximum absolute atomic E-state index is 13.2. The number of nitrogens with one attached hydrogen (secondary N) is 1. The molecule has 0 aromatic heterocycles. The Morgan fingerprint density at radius 2 is 1.86 bits per heavy atom. The lowest BCUT2D eigenvalue weighted by Gasteiger charge is -2.10. The standard InChI is InChI=1S/C15H12FNO4/c1-21-15(20)17-13-6-5-10(8-12(13)14(18)19)9-3-2-4-11(16)7-9/h2-8H,1H3,(H,17,20)(H,18,19). The van der Waals surface area contributed by atoms with E-state index in [9.17, 15) is 19.1 Å². The molecule has 0 spiro atoms. The number of carbonyl (C=O) groups excluding carboxylic acids is 1. The van der Waals surface area contributed by atoms with Crippen LogP contribution in [0.3, 0.4) is 0 Å². The smallest absolute Gasteiger partial charge is 0.411 e. The molecule has 21 heavy (non-hydrogen) atoms. The minimum atomic E-state index is -1.21. The van der Waals surface area contributed by atoms with E-state index >= 15 is 0 Å². The van der Waals surface area contributed by atoms with Crippen molar-refractivity contribution >= 4 is 17.7 Å². The van der Waals surface area contributed by atoms with Crippen LogP contribution in [0.4, 0.5) is 14.9 Å². The van der Waals surface area contributed by atoms with Crippen molar-refractivity contribution in [1.29, 1.82) is 0 Å². The van der Waals surface area contributed by atoms with E-state index < -0.39 is 17.9 Å². The van der Waals surface area contributed by atoms with Gasteiger partial charge >= 0.3 is 12.1 Å². The molecule has 0 atom stereocenters. The monoisotopic (exact) mass is 289 g/mol. The minimum absolute atomic E-state index is 0.106. The summed E-state index contributed by atoms with van der Waals surface area (Å²) in [5, 5.41) is 11.5. The lowest BCUT2D eigenvalue weighted by molar-refractivity contribution is 0.0698. The number of anilines is 1. The van der Waals surface area contributed by atoms with Crippen molar-refractivity contribution in [1.82, 2.24) is 0 Å². The third kappa shape index (κ3) is 3.36. The zero-order valence-electron chi connectivity index (χ0n) is 11.1. The van der Waals surface area contributed by atoms with Crippen LogP contribution in [0, 0.1) is 5.82 Å². The average molecular weight is 289 g/mol. The SMILES string of the molecule is COC(=O)Nc1ccc(-c2cccc(F)c2)cc1C(=O)O. The highest BCUT2D eigenvalue weighted by Crippen LogP contribution is 2.26. The highest BCUT2D eigenvalue weighted by molar-refractivity contribution is 6.00. The Kier molecular flexibility index (Phi) is 4.18. The number of rotatable bonds is 3. The number of halogens is 1. The van der Waals surface area contributed by atoms with Crippen LogP contribution in [0.5, 0.6) is 0 Å². The first-order valence-electron chi connectivity index (χ1n) is 5.99. The Labute approximate surface area is 120 Å². The quantitative estimate of drug-likeness (QED) is 0.908. The summed E-state index contributed by atoms with van der Waals surface area (Å²) in [6.07, 6.45) is -0.768. The molecule has 0 radical (unpaired) electrons. The van der Waals surface area contributed by atoms with Crippen molar-refractivity contribution in [3.8, 4) is 11.1 Å². The molecular weight excluding hydrogens is 277 g/mol. The van der Waals surface area contributed by atoms with Gasteiger partial charge in [-0.25, -0.2) is 14.0 Å². The molecule has 6 heteroatoms. The molecule has 0 aliphatic rings. The van der Waals surface area contributed by atoms with Crippen LogP contribution >= 0.6 is 0 Å². The van der Waals surface area contributed by atoms with Gasteiger partial charge in [-0.15, -0.1) is 0 Å². The van der Waals surface area contributed by atoms with E-state index in [1.54, 1.807) is 12.1 Å².